The van der Waals surface area contributed by atoms with Crippen molar-refractivity contribution in [3.05, 3.63) is 57.1 Å². The van der Waals surface area contributed by atoms with Crippen LogP contribution in [0.2, 0.25) is 5.02 Å². The predicted molar refractivity (Wildman–Crippen MR) is 106 cm³/mol. The number of rotatable bonds is 5. The smallest absolute Gasteiger partial charge is 0.294 e. The molecule has 0 unspecified atom stereocenters. The number of piperazine rings is 1. The van der Waals surface area contributed by atoms with Gasteiger partial charge in [0.15, 0.2) is 0 Å². The topological polar surface area (TPSA) is 85.2 Å². The number of hydrogen-bond donors (Lipinski definition) is 0. The molecule has 0 aliphatic carbocycles. The molecule has 1 amide bonds. The lowest BCUT2D eigenvalue weighted by Gasteiger charge is -2.36. The quantitative estimate of drug-likeness (QED) is 0.560. The summed E-state index contributed by atoms with van der Waals surface area (Å²) in [6, 6.07) is 9.64. The lowest BCUT2D eigenvalue weighted by atomic mass is 10.1. The van der Waals surface area contributed by atoms with Gasteiger partial charge in [-0.05, 0) is 18.2 Å². The van der Waals surface area contributed by atoms with Crippen LogP contribution in [0.1, 0.15) is 10.4 Å². The largest absolute Gasteiger partial charge is 0.497 e. The van der Waals surface area contributed by atoms with Crippen LogP contribution in [0.15, 0.2) is 36.4 Å². The van der Waals surface area contributed by atoms with Gasteiger partial charge in [0.1, 0.15) is 17.2 Å². The molecule has 0 atom stereocenters. The van der Waals surface area contributed by atoms with E-state index in [1.165, 1.54) is 20.3 Å². The minimum Gasteiger partial charge on any atom is -0.497 e. The first-order chi connectivity index (χ1) is 13.4. The molecule has 8 nitrogen and oxygen atoms in total. The number of benzene rings is 2. The van der Waals surface area contributed by atoms with Gasteiger partial charge in [-0.3, -0.25) is 14.9 Å². The average molecular weight is 406 g/mol. The van der Waals surface area contributed by atoms with E-state index in [0.717, 1.165) is 0 Å². The van der Waals surface area contributed by atoms with E-state index >= 15 is 0 Å². The van der Waals surface area contributed by atoms with Crippen molar-refractivity contribution in [3.8, 4) is 11.5 Å². The number of carbonyl (C=O) groups excluding carboxylic acids is 1. The third kappa shape index (κ3) is 3.96. The zero-order chi connectivity index (χ0) is 20.3. The van der Waals surface area contributed by atoms with Crippen LogP contribution >= 0.6 is 11.6 Å². The Bertz CT molecular complexity index is 875. The number of para-hydroxylation sites is 1. The zero-order valence-corrected chi connectivity index (χ0v) is 16.3. The molecule has 1 aliphatic rings. The Morgan fingerprint density at radius 1 is 1.07 bits per heavy atom. The van der Waals surface area contributed by atoms with Crippen molar-refractivity contribution in [2.75, 3.05) is 45.3 Å². The van der Waals surface area contributed by atoms with Crippen molar-refractivity contribution in [2.45, 2.75) is 0 Å². The van der Waals surface area contributed by atoms with E-state index < -0.39 is 4.92 Å². The van der Waals surface area contributed by atoms with Gasteiger partial charge < -0.3 is 19.3 Å². The molecule has 1 heterocycles. The molecular weight excluding hydrogens is 386 g/mol. The summed E-state index contributed by atoms with van der Waals surface area (Å²) >= 11 is 6.21. The standard InChI is InChI=1S/C19H20ClN3O5/c1-27-14-10-13(11-15(12-14)28-2)19(24)22-8-6-21(7-9-22)18-16(20)4-3-5-17(18)23(25)26/h3-5,10-12H,6-9H2,1-2H3. The SMILES string of the molecule is COc1cc(OC)cc(C(=O)N2CCN(c3c(Cl)cccc3[N+](=O)[O-])CC2)c1. The van der Waals surface area contributed by atoms with Gasteiger partial charge in [0.25, 0.3) is 11.6 Å². The second kappa shape index (κ2) is 8.35. The van der Waals surface area contributed by atoms with E-state index in [2.05, 4.69) is 0 Å². The van der Waals surface area contributed by atoms with E-state index in [0.29, 0.717) is 54.0 Å². The average Bonchev–Trinajstić information content (AvgIpc) is 2.72. The number of hydrogen-bond acceptors (Lipinski definition) is 6. The van der Waals surface area contributed by atoms with E-state index in [9.17, 15) is 14.9 Å². The molecule has 2 aromatic rings. The van der Waals surface area contributed by atoms with Crippen LogP contribution in [0.3, 0.4) is 0 Å². The highest BCUT2D eigenvalue weighted by Gasteiger charge is 2.28. The molecule has 28 heavy (non-hydrogen) atoms. The monoisotopic (exact) mass is 405 g/mol. The molecular formula is C19H20ClN3O5. The van der Waals surface area contributed by atoms with E-state index in [1.807, 2.05) is 4.90 Å². The summed E-state index contributed by atoms with van der Waals surface area (Å²) in [5.74, 6) is 0.923. The minimum atomic E-state index is -0.443. The van der Waals surface area contributed by atoms with E-state index in [4.69, 9.17) is 21.1 Å². The summed E-state index contributed by atoms with van der Waals surface area (Å²) in [6.45, 7) is 1.72. The highest BCUT2D eigenvalue weighted by atomic mass is 35.5. The first-order valence-corrected chi connectivity index (χ1v) is 9.02. The second-order valence-electron chi connectivity index (χ2n) is 6.25. The van der Waals surface area contributed by atoms with Crippen LogP contribution in [-0.4, -0.2) is 56.1 Å². The minimum absolute atomic E-state index is 0.0372. The maximum atomic E-state index is 12.9. The third-order valence-corrected chi connectivity index (χ3v) is 4.95. The van der Waals surface area contributed by atoms with E-state index in [-0.39, 0.29) is 11.6 Å². The van der Waals surface area contributed by atoms with Gasteiger partial charge in [-0.1, -0.05) is 17.7 Å². The van der Waals surface area contributed by atoms with Crippen LogP contribution in [-0.2, 0) is 0 Å². The van der Waals surface area contributed by atoms with Gasteiger partial charge >= 0.3 is 0 Å². The summed E-state index contributed by atoms with van der Waals surface area (Å²) in [5.41, 5.74) is 0.822. The fourth-order valence-corrected chi connectivity index (χ4v) is 3.50. The molecule has 0 saturated carbocycles. The maximum Gasteiger partial charge on any atom is 0.294 e. The van der Waals surface area contributed by atoms with Crippen molar-refractivity contribution >= 4 is 28.9 Å². The summed E-state index contributed by atoms with van der Waals surface area (Å²) < 4.78 is 10.4. The zero-order valence-electron chi connectivity index (χ0n) is 15.6. The number of methoxy groups -OCH3 is 2. The molecule has 1 saturated heterocycles. The van der Waals surface area contributed by atoms with Gasteiger partial charge in [0, 0.05) is 43.9 Å². The van der Waals surface area contributed by atoms with Gasteiger partial charge in [0.2, 0.25) is 0 Å². The van der Waals surface area contributed by atoms with Crippen LogP contribution in [0.5, 0.6) is 11.5 Å². The first kappa shape index (κ1) is 19.8. The second-order valence-corrected chi connectivity index (χ2v) is 6.65. The Labute approximate surface area is 167 Å². The van der Waals surface area contributed by atoms with Crippen LogP contribution < -0.4 is 14.4 Å². The van der Waals surface area contributed by atoms with Gasteiger partial charge in [-0.25, -0.2) is 0 Å². The summed E-state index contributed by atoms with van der Waals surface area (Å²) in [4.78, 5) is 27.3. The Morgan fingerprint density at radius 3 is 2.21 bits per heavy atom. The number of carbonyl (C=O) groups is 1. The number of nitro benzene ring substituents is 1. The number of ether oxygens (including phenoxy) is 2. The fourth-order valence-electron chi connectivity index (χ4n) is 3.21. The number of nitro groups is 1. The highest BCUT2D eigenvalue weighted by molar-refractivity contribution is 6.33. The number of halogens is 1. The van der Waals surface area contributed by atoms with Crippen molar-refractivity contribution in [1.82, 2.24) is 4.90 Å². The molecule has 9 heteroatoms. The molecule has 2 aromatic carbocycles. The molecule has 0 radical (unpaired) electrons. The third-order valence-electron chi connectivity index (χ3n) is 4.64. The molecule has 148 valence electrons. The number of nitrogens with zero attached hydrogens (tertiary/aromatic N) is 3. The summed E-state index contributed by atoms with van der Waals surface area (Å²) in [6.07, 6.45) is 0. The van der Waals surface area contributed by atoms with Crippen molar-refractivity contribution in [1.29, 1.82) is 0 Å². The summed E-state index contributed by atoms with van der Waals surface area (Å²) in [7, 11) is 3.05. The molecule has 0 aromatic heterocycles. The number of anilines is 1. The molecule has 1 fully saturated rings. The molecule has 3 rings (SSSR count). The maximum absolute atomic E-state index is 12.9. The Hall–Kier alpha value is -3.00. The van der Waals surface area contributed by atoms with Crippen molar-refractivity contribution in [2.24, 2.45) is 0 Å². The fraction of sp³-hybridized carbons (Fsp3) is 0.316. The Kier molecular flexibility index (Phi) is 5.89. The molecule has 0 spiro atoms. The molecule has 0 bridgehead atoms. The van der Waals surface area contributed by atoms with Gasteiger partial charge in [-0.15, -0.1) is 0 Å². The van der Waals surface area contributed by atoms with Crippen LogP contribution in [0.4, 0.5) is 11.4 Å². The Morgan fingerprint density at radius 2 is 1.68 bits per heavy atom. The number of amides is 1. The molecule has 1 aliphatic heterocycles. The normalized spacial score (nSPS) is 14.0. The molecule has 0 N–H and O–H groups in total. The van der Waals surface area contributed by atoms with Gasteiger partial charge in [-0.2, -0.15) is 0 Å². The van der Waals surface area contributed by atoms with Gasteiger partial charge in [0.05, 0.1) is 24.2 Å². The first-order valence-electron chi connectivity index (χ1n) is 8.64. The van der Waals surface area contributed by atoms with Crippen LogP contribution in [0, 0.1) is 10.1 Å². The lowest BCUT2D eigenvalue weighted by molar-refractivity contribution is -0.384. The van der Waals surface area contributed by atoms with Crippen molar-refractivity contribution in [3.63, 3.8) is 0 Å². The highest BCUT2D eigenvalue weighted by Crippen LogP contribution is 2.36. The summed E-state index contributed by atoms with van der Waals surface area (Å²) in [5, 5.41) is 11.7. The lowest BCUT2D eigenvalue weighted by Crippen LogP contribution is -2.49. The van der Waals surface area contributed by atoms with Crippen molar-refractivity contribution < 1.29 is 19.2 Å². The van der Waals surface area contributed by atoms with E-state index in [1.54, 1.807) is 35.2 Å². The predicted octanol–water partition coefficient (Wildman–Crippen LogP) is 3.23. The van der Waals surface area contributed by atoms with Crippen LogP contribution in [0.25, 0.3) is 0 Å². The Balaban J connectivity index is 1.76.